The zero-order valence-electron chi connectivity index (χ0n) is 7.47. The molecule has 5 nitrogen and oxygen atoms in total. The van der Waals surface area contributed by atoms with Crippen LogP contribution in [0.25, 0.3) is 0 Å². The van der Waals surface area contributed by atoms with E-state index < -0.39 is 22.3 Å². The molecule has 0 radical (unpaired) electrons. The molecule has 78 valence electrons. The maximum atomic E-state index is 11.7. The lowest BCUT2D eigenvalue weighted by molar-refractivity contribution is -0.526. The molecule has 1 aliphatic heterocycles. The standard InChI is InChI=1S/C9H6ClNO4/c10-9(11(13)14)5-15-7-4-2-1-3-6(7)8(9)12/h1-4H,5H2. The fourth-order valence-corrected chi connectivity index (χ4v) is 1.52. The fraction of sp³-hybridized carbons (Fsp3) is 0.222. The number of para-hydroxylation sites is 1. The molecule has 1 atom stereocenters. The predicted molar refractivity (Wildman–Crippen MR) is 51.8 cm³/mol. The van der Waals surface area contributed by atoms with Crippen molar-refractivity contribution in [1.82, 2.24) is 0 Å². The summed E-state index contributed by atoms with van der Waals surface area (Å²) in [7, 11) is 0. The van der Waals surface area contributed by atoms with Crippen molar-refractivity contribution in [2.45, 2.75) is 5.00 Å². The van der Waals surface area contributed by atoms with Gasteiger partial charge in [-0.05, 0) is 23.7 Å². The first-order valence-electron chi connectivity index (χ1n) is 4.16. The highest BCUT2D eigenvalue weighted by Gasteiger charge is 2.54. The quantitative estimate of drug-likeness (QED) is 0.315. The molecule has 0 bridgehead atoms. The summed E-state index contributed by atoms with van der Waals surface area (Å²) >= 11 is 5.61. The molecule has 0 saturated heterocycles. The Morgan fingerprint density at radius 2 is 2.13 bits per heavy atom. The molecule has 15 heavy (non-hydrogen) atoms. The third-order valence-electron chi connectivity index (χ3n) is 2.19. The number of nitro groups is 1. The Labute approximate surface area is 89.8 Å². The smallest absolute Gasteiger partial charge is 0.390 e. The fourth-order valence-electron chi connectivity index (χ4n) is 1.36. The van der Waals surface area contributed by atoms with Gasteiger partial charge in [-0.15, -0.1) is 0 Å². The molecule has 0 fully saturated rings. The van der Waals surface area contributed by atoms with Gasteiger partial charge in [-0.25, -0.2) is 0 Å². The second-order valence-electron chi connectivity index (χ2n) is 3.13. The minimum atomic E-state index is -2.19. The average Bonchev–Trinajstić information content (AvgIpc) is 2.24. The number of carbonyl (C=O) groups excluding carboxylic acids is 1. The van der Waals surface area contributed by atoms with Gasteiger partial charge in [-0.1, -0.05) is 12.1 Å². The van der Waals surface area contributed by atoms with Crippen LogP contribution in [0.1, 0.15) is 10.4 Å². The number of Topliss-reactive ketones (excluding diaryl/α,β-unsaturated/α-hetero) is 1. The van der Waals surface area contributed by atoms with E-state index in [1.165, 1.54) is 6.07 Å². The number of fused-ring (bicyclic) bond motifs is 1. The molecular formula is C9H6ClNO4. The maximum absolute atomic E-state index is 11.7. The second kappa shape index (κ2) is 3.20. The van der Waals surface area contributed by atoms with Crippen molar-refractivity contribution in [3.05, 3.63) is 39.9 Å². The van der Waals surface area contributed by atoms with Crippen LogP contribution in [0.15, 0.2) is 24.3 Å². The van der Waals surface area contributed by atoms with Gasteiger partial charge in [0.1, 0.15) is 5.75 Å². The summed E-state index contributed by atoms with van der Waals surface area (Å²) in [5.41, 5.74) is 0.149. The molecule has 0 saturated carbocycles. The molecule has 1 aliphatic rings. The summed E-state index contributed by atoms with van der Waals surface area (Å²) in [5, 5.41) is 10.7. The zero-order chi connectivity index (χ0) is 11.1. The molecule has 0 aliphatic carbocycles. The number of hydrogen-bond acceptors (Lipinski definition) is 4. The molecule has 0 aromatic heterocycles. The summed E-state index contributed by atoms with van der Waals surface area (Å²) in [5.74, 6) is -0.392. The number of halogens is 1. The highest BCUT2D eigenvalue weighted by molar-refractivity contribution is 6.37. The Kier molecular flexibility index (Phi) is 2.12. The summed E-state index contributed by atoms with van der Waals surface area (Å²) in [4.78, 5) is 19.4. The van der Waals surface area contributed by atoms with Gasteiger partial charge in [0, 0.05) is 0 Å². The first kappa shape index (κ1) is 9.92. The molecule has 1 aromatic rings. The average molecular weight is 228 g/mol. The second-order valence-corrected chi connectivity index (χ2v) is 3.76. The number of carbonyl (C=O) groups is 1. The monoisotopic (exact) mass is 227 g/mol. The van der Waals surface area contributed by atoms with Crippen LogP contribution in [0.4, 0.5) is 0 Å². The van der Waals surface area contributed by atoms with Crippen molar-refractivity contribution in [2.24, 2.45) is 0 Å². The van der Waals surface area contributed by atoms with Gasteiger partial charge in [-0.3, -0.25) is 14.9 Å². The number of ether oxygens (including phenoxy) is 1. The first-order chi connectivity index (χ1) is 7.05. The largest absolute Gasteiger partial charge is 0.483 e. The highest BCUT2D eigenvalue weighted by atomic mass is 35.5. The lowest BCUT2D eigenvalue weighted by atomic mass is 10.0. The van der Waals surface area contributed by atoms with Gasteiger partial charge in [0.05, 0.1) is 10.5 Å². The van der Waals surface area contributed by atoms with E-state index in [1.54, 1.807) is 18.2 Å². The minimum Gasteiger partial charge on any atom is -0.483 e. The van der Waals surface area contributed by atoms with Crippen LogP contribution >= 0.6 is 11.6 Å². The van der Waals surface area contributed by atoms with E-state index in [-0.39, 0.29) is 5.56 Å². The van der Waals surface area contributed by atoms with Gasteiger partial charge in [0.2, 0.25) is 0 Å². The zero-order valence-corrected chi connectivity index (χ0v) is 8.23. The van der Waals surface area contributed by atoms with Crippen LogP contribution in [-0.2, 0) is 0 Å². The van der Waals surface area contributed by atoms with Crippen molar-refractivity contribution in [3.63, 3.8) is 0 Å². The van der Waals surface area contributed by atoms with E-state index in [1.807, 2.05) is 0 Å². The van der Waals surface area contributed by atoms with E-state index in [2.05, 4.69) is 0 Å². The molecule has 0 spiro atoms. The minimum absolute atomic E-state index is 0.149. The van der Waals surface area contributed by atoms with Crippen LogP contribution in [-0.4, -0.2) is 22.3 Å². The third-order valence-corrected chi connectivity index (χ3v) is 2.61. The summed E-state index contributed by atoms with van der Waals surface area (Å²) in [6, 6.07) is 6.31. The predicted octanol–water partition coefficient (Wildman–Crippen LogP) is 1.47. The number of ketones is 1. The lowest BCUT2D eigenvalue weighted by Crippen LogP contribution is -2.49. The third kappa shape index (κ3) is 1.35. The molecule has 0 amide bonds. The molecule has 6 heteroatoms. The normalized spacial score (nSPS) is 24.2. The molecular weight excluding hydrogens is 222 g/mol. The van der Waals surface area contributed by atoms with Gasteiger partial charge >= 0.3 is 5.00 Å². The van der Waals surface area contributed by atoms with Crippen LogP contribution in [0.2, 0.25) is 0 Å². The van der Waals surface area contributed by atoms with E-state index >= 15 is 0 Å². The van der Waals surface area contributed by atoms with Gasteiger partial charge in [0.15, 0.2) is 6.61 Å². The van der Waals surface area contributed by atoms with Crippen molar-refractivity contribution < 1.29 is 14.5 Å². The van der Waals surface area contributed by atoms with Crippen LogP contribution in [0.5, 0.6) is 5.75 Å². The van der Waals surface area contributed by atoms with Crippen molar-refractivity contribution >= 4 is 17.4 Å². The number of alkyl halides is 1. The van der Waals surface area contributed by atoms with Crippen molar-refractivity contribution in [1.29, 1.82) is 0 Å². The molecule has 1 aromatic carbocycles. The molecule has 0 N–H and O–H groups in total. The van der Waals surface area contributed by atoms with Crippen molar-refractivity contribution in [2.75, 3.05) is 6.61 Å². The first-order valence-corrected chi connectivity index (χ1v) is 4.53. The Morgan fingerprint density at radius 3 is 2.80 bits per heavy atom. The number of benzene rings is 1. The summed E-state index contributed by atoms with van der Waals surface area (Å²) in [6.07, 6.45) is 0. The number of rotatable bonds is 1. The number of hydrogen-bond donors (Lipinski definition) is 0. The molecule has 2 rings (SSSR count). The summed E-state index contributed by atoms with van der Waals surface area (Å²) in [6.45, 7) is -0.447. The van der Waals surface area contributed by atoms with Crippen LogP contribution in [0, 0.1) is 10.1 Å². The maximum Gasteiger partial charge on any atom is 0.390 e. The van der Waals surface area contributed by atoms with E-state index in [9.17, 15) is 14.9 Å². The molecule has 1 unspecified atom stereocenters. The van der Waals surface area contributed by atoms with Crippen LogP contribution < -0.4 is 4.74 Å². The molecule has 1 heterocycles. The van der Waals surface area contributed by atoms with Gasteiger partial charge < -0.3 is 4.74 Å². The lowest BCUT2D eigenvalue weighted by Gasteiger charge is -2.23. The van der Waals surface area contributed by atoms with Gasteiger partial charge in [-0.2, -0.15) is 0 Å². The van der Waals surface area contributed by atoms with Crippen molar-refractivity contribution in [3.8, 4) is 5.75 Å². The highest BCUT2D eigenvalue weighted by Crippen LogP contribution is 2.33. The number of nitrogens with zero attached hydrogens (tertiary/aromatic N) is 1. The Balaban J connectivity index is 2.51. The Hall–Kier alpha value is -1.62. The van der Waals surface area contributed by atoms with E-state index in [0.717, 1.165) is 0 Å². The topological polar surface area (TPSA) is 69.4 Å². The van der Waals surface area contributed by atoms with E-state index in [4.69, 9.17) is 16.3 Å². The van der Waals surface area contributed by atoms with Gasteiger partial charge in [0.25, 0.3) is 5.78 Å². The Morgan fingerprint density at radius 1 is 1.47 bits per heavy atom. The van der Waals surface area contributed by atoms with Crippen LogP contribution in [0.3, 0.4) is 0 Å². The summed E-state index contributed by atoms with van der Waals surface area (Å²) < 4.78 is 5.08. The van der Waals surface area contributed by atoms with E-state index in [0.29, 0.717) is 5.75 Å². The Bertz CT molecular complexity index is 447. The SMILES string of the molecule is O=C1c2ccccc2OCC1(Cl)[N+](=O)[O-].